The largest absolute Gasteiger partial charge is 0.480 e. The van der Waals surface area contributed by atoms with Gasteiger partial charge in [0.1, 0.15) is 6.04 Å². The SMILES string of the molecule is C#CCNC(C(=O)O)c1ccc(C(F)(F)F)cc1. The van der Waals surface area contributed by atoms with Gasteiger partial charge in [0, 0.05) is 0 Å². The van der Waals surface area contributed by atoms with E-state index in [2.05, 4.69) is 11.2 Å². The van der Waals surface area contributed by atoms with Crippen LogP contribution in [0, 0.1) is 12.3 Å². The summed E-state index contributed by atoms with van der Waals surface area (Å²) in [4.78, 5) is 10.9. The minimum absolute atomic E-state index is 0.0119. The molecule has 0 aliphatic heterocycles. The van der Waals surface area contributed by atoms with Gasteiger partial charge in [0.05, 0.1) is 12.1 Å². The molecule has 0 saturated heterocycles. The van der Waals surface area contributed by atoms with E-state index in [4.69, 9.17) is 11.5 Å². The van der Waals surface area contributed by atoms with Crippen molar-refractivity contribution in [1.29, 1.82) is 0 Å². The van der Waals surface area contributed by atoms with Crippen LogP contribution in [0.2, 0.25) is 0 Å². The molecule has 0 radical (unpaired) electrons. The smallest absolute Gasteiger partial charge is 0.416 e. The molecule has 0 heterocycles. The number of aliphatic carboxylic acids is 1. The van der Waals surface area contributed by atoms with E-state index in [1.165, 1.54) is 0 Å². The third-order valence-corrected chi connectivity index (χ3v) is 2.23. The highest BCUT2D eigenvalue weighted by Gasteiger charge is 2.30. The summed E-state index contributed by atoms with van der Waals surface area (Å²) in [6.45, 7) is 0.0119. The lowest BCUT2D eigenvalue weighted by Gasteiger charge is -2.14. The number of rotatable bonds is 4. The van der Waals surface area contributed by atoms with Crippen LogP contribution < -0.4 is 5.32 Å². The van der Waals surface area contributed by atoms with E-state index < -0.39 is 23.8 Å². The molecule has 0 aliphatic rings. The summed E-state index contributed by atoms with van der Waals surface area (Å²) in [7, 11) is 0. The fourth-order valence-electron chi connectivity index (χ4n) is 1.37. The lowest BCUT2D eigenvalue weighted by atomic mass is 10.0. The van der Waals surface area contributed by atoms with Crippen LogP contribution in [0.3, 0.4) is 0 Å². The van der Waals surface area contributed by atoms with Crippen molar-refractivity contribution in [1.82, 2.24) is 5.32 Å². The Kier molecular flexibility index (Phi) is 4.34. The predicted molar refractivity (Wildman–Crippen MR) is 58.7 cm³/mol. The van der Waals surface area contributed by atoms with Crippen LogP contribution in [-0.4, -0.2) is 17.6 Å². The molecule has 0 fully saturated rings. The van der Waals surface area contributed by atoms with Gasteiger partial charge >= 0.3 is 12.1 Å². The van der Waals surface area contributed by atoms with Gasteiger partial charge in [0.25, 0.3) is 0 Å². The Bertz CT molecular complexity index is 460. The molecule has 18 heavy (non-hydrogen) atoms. The first kappa shape index (κ1) is 14.1. The highest BCUT2D eigenvalue weighted by molar-refractivity contribution is 5.75. The van der Waals surface area contributed by atoms with Crippen molar-refractivity contribution >= 4 is 5.97 Å². The van der Waals surface area contributed by atoms with Gasteiger partial charge in [-0.1, -0.05) is 18.1 Å². The lowest BCUT2D eigenvalue weighted by molar-refractivity contribution is -0.139. The number of hydrogen-bond donors (Lipinski definition) is 2. The lowest BCUT2D eigenvalue weighted by Crippen LogP contribution is -2.28. The zero-order valence-corrected chi connectivity index (χ0v) is 9.16. The molecule has 96 valence electrons. The first-order valence-electron chi connectivity index (χ1n) is 4.93. The number of benzene rings is 1. The number of carboxylic acids is 1. The number of carboxylic acid groups (broad SMARTS) is 1. The van der Waals surface area contributed by atoms with Gasteiger partial charge in [-0.05, 0) is 17.7 Å². The second kappa shape index (κ2) is 5.56. The molecule has 0 bridgehead atoms. The number of carbonyl (C=O) groups is 1. The molecule has 1 rings (SSSR count). The van der Waals surface area contributed by atoms with Gasteiger partial charge in [-0.2, -0.15) is 13.2 Å². The summed E-state index contributed by atoms with van der Waals surface area (Å²) in [5.41, 5.74) is -0.613. The zero-order valence-electron chi connectivity index (χ0n) is 9.16. The summed E-state index contributed by atoms with van der Waals surface area (Å²) < 4.78 is 37.0. The topological polar surface area (TPSA) is 49.3 Å². The molecule has 1 aromatic rings. The van der Waals surface area contributed by atoms with E-state index >= 15 is 0 Å². The van der Waals surface area contributed by atoms with E-state index in [1.54, 1.807) is 0 Å². The third kappa shape index (κ3) is 3.50. The maximum absolute atomic E-state index is 12.3. The number of terminal acetylenes is 1. The van der Waals surface area contributed by atoms with Crippen LogP contribution >= 0.6 is 0 Å². The second-order valence-corrected chi connectivity index (χ2v) is 3.48. The van der Waals surface area contributed by atoms with E-state index in [1.807, 2.05) is 0 Å². The molecule has 0 saturated carbocycles. The normalized spacial score (nSPS) is 12.8. The molecule has 1 atom stereocenters. The molecule has 1 aromatic carbocycles. The monoisotopic (exact) mass is 257 g/mol. The van der Waals surface area contributed by atoms with Crippen LogP contribution in [0.1, 0.15) is 17.2 Å². The fourth-order valence-corrected chi connectivity index (χ4v) is 1.37. The van der Waals surface area contributed by atoms with Crippen LogP contribution in [0.15, 0.2) is 24.3 Å². The van der Waals surface area contributed by atoms with Crippen LogP contribution in [0.4, 0.5) is 13.2 Å². The standard InChI is InChI=1S/C12H10F3NO2/c1-2-7-16-10(11(17)18)8-3-5-9(6-4-8)12(13,14)15/h1,3-6,10,16H,7H2,(H,17,18). The number of nitrogens with one attached hydrogen (secondary N) is 1. The Hall–Kier alpha value is -2.00. The van der Waals surface area contributed by atoms with Crippen molar-refractivity contribution < 1.29 is 23.1 Å². The molecule has 0 amide bonds. The fraction of sp³-hybridized carbons (Fsp3) is 0.250. The van der Waals surface area contributed by atoms with Crippen molar-refractivity contribution in [3.63, 3.8) is 0 Å². The maximum Gasteiger partial charge on any atom is 0.416 e. The predicted octanol–water partition coefficient (Wildman–Crippen LogP) is 2.05. The highest BCUT2D eigenvalue weighted by atomic mass is 19.4. The average Bonchev–Trinajstić information content (AvgIpc) is 2.28. The van der Waals surface area contributed by atoms with Crippen molar-refractivity contribution in [2.45, 2.75) is 12.2 Å². The van der Waals surface area contributed by atoms with E-state index in [0.29, 0.717) is 0 Å². The molecule has 0 aliphatic carbocycles. The van der Waals surface area contributed by atoms with Crippen molar-refractivity contribution in [3.05, 3.63) is 35.4 Å². The Morgan fingerprint density at radius 2 is 1.94 bits per heavy atom. The van der Waals surface area contributed by atoms with Gasteiger partial charge in [-0.15, -0.1) is 6.42 Å². The summed E-state index contributed by atoms with van der Waals surface area (Å²) in [5.74, 6) is 1.00. The van der Waals surface area contributed by atoms with Gasteiger partial charge < -0.3 is 5.11 Å². The minimum atomic E-state index is -4.44. The number of hydrogen-bond acceptors (Lipinski definition) is 2. The van der Waals surface area contributed by atoms with Gasteiger partial charge in [-0.25, -0.2) is 0 Å². The van der Waals surface area contributed by atoms with Crippen LogP contribution in [-0.2, 0) is 11.0 Å². The molecule has 3 nitrogen and oxygen atoms in total. The van der Waals surface area contributed by atoms with Crippen LogP contribution in [0.5, 0.6) is 0 Å². The van der Waals surface area contributed by atoms with Gasteiger partial charge in [0.2, 0.25) is 0 Å². The Morgan fingerprint density at radius 1 is 1.39 bits per heavy atom. The molecule has 6 heteroatoms. The van der Waals surface area contributed by atoms with Crippen LogP contribution in [0.25, 0.3) is 0 Å². The van der Waals surface area contributed by atoms with E-state index in [0.717, 1.165) is 24.3 Å². The van der Waals surface area contributed by atoms with Crippen molar-refractivity contribution in [2.24, 2.45) is 0 Å². The first-order valence-corrected chi connectivity index (χ1v) is 4.93. The highest BCUT2D eigenvalue weighted by Crippen LogP contribution is 2.29. The molecule has 2 N–H and O–H groups in total. The van der Waals surface area contributed by atoms with Crippen molar-refractivity contribution in [2.75, 3.05) is 6.54 Å². The molecule has 0 spiro atoms. The molecule has 0 aromatic heterocycles. The number of halogens is 3. The van der Waals surface area contributed by atoms with Gasteiger partial charge in [0.15, 0.2) is 0 Å². The maximum atomic E-state index is 12.3. The Morgan fingerprint density at radius 3 is 2.33 bits per heavy atom. The minimum Gasteiger partial charge on any atom is -0.480 e. The summed E-state index contributed by atoms with van der Waals surface area (Å²) in [5, 5.41) is 11.5. The van der Waals surface area contributed by atoms with E-state index in [9.17, 15) is 18.0 Å². The average molecular weight is 257 g/mol. The zero-order chi connectivity index (χ0) is 13.8. The second-order valence-electron chi connectivity index (χ2n) is 3.48. The molecule has 1 unspecified atom stereocenters. The summed E-state index contributed by atoms with van der Waals surface area (Å²) in [6, 6.07) is 2.78. The van der Waals surface area contributed by atoms with Crippen molar-refractivity contribution in [3.8, 4) is 12.3 Å². The third-order valence-electron chi connectivity index (χ3n) is 2.23. The molecular weight excluding hydrogens is 247 g/mol. The quantitative estimate of drug-likeness (QED) is 0.812. The molecular formula is C12H10F3NO2. The Labute approximate surface area is 102 Å². The summed E-state index contributed by atoms with van der Waals surface area (Å²) >= 11 is 0. The number of alkyl halides is 3. The Balaban J connectivity index is 2.95. The van der Waals surface area contributed by atoms with E-state index in [-0.39, 0.29) is 12.1 Å². The summed E-state index contributed by atoms with van der Waals surface area (Å²) in [6.07, 6.45) is 0.541. The van der Waals surface area contributed by atoms with Gasteiger partial charge in [-0.3, -0.25) is 10.1 Å². The first-order chi connectivity index (χ1) is 8.36.